The number of ether oxygens (including phenoxy) is 1. The predicted molar refractivity (Wildman–Crippen MR) is 125 cm³/mol. The fourth-order valence-corrected chi connectivity index (χ4v) is 3.44. The molecule has 1 N–H and O–H groups in total. The summed E-state index contributed by atoms with van der Waals surface area (Å²) >= 11 is 5.90. The number of oxazole rings is 1. The first kappa shape index (κ1) is 25.2. The van der Waals surface area contributed by atoms with Gasteiger partial charge < -0.3 is 9.15 Å². The average Bonchev–Trinajstić information content (AvgIpc) is 3.21. The van der Waals surface area contributed by atoms with E-state index >= 15 is 0 Å². The molecule has 0 fully saturated rings. The van der Waals surface area contributed by atoms with Gasteiger partial charge in [0, 0.05) is 10.6 Å². The minimum Gasteiger partial charge on any atom is -0.481 e. The number of nitrogens with one attached hydrogen (secondary N) is 1. The standard InChI is InChI=1S/C25H16ClF5N2O3/c1-13(23(34)33-24-32-19-12-16(26)6-11-20(19)36-24)35-18-9-4-15(5-10-18)22(28)21(25(29,30)31)14-2-7-17(27)8-3-14/h2-13H,1H3,(H,32,33,34)/t13-/m1/s1. The van der Waals surface area contributed by atoms with E-state index in [2.05, 4.69) is 10.3 Å². The molecule has 1 heterocycles. The Hall–Kier alpha value is -3.92. The second-order valence-electron chi connectivity index (χ2n) is 7.60. The second kappa shape index (κ2) is 9.98. The van der Waals surface area contributed by atoms with E-state index in [4.69, 9.17) is 20.8 Å². The molecule has 3 aromatic carbocycles. The van der Waals surface area contributed by atoms with Gasteiger partial charge in [0.05, 0.1) is 5.57 Å². The monoisotopic (exact) mass is 522 g/mol. The molecule has 0 spiro atoms. The first-order chi connectivity index (χ1) is 17.0. The molecule has 11 heteroatoms. The van der Waals surface area contributed by atoms with E-state index < -0.39 is 41.0 Å². The summed E-state index contributed by atoms with van der Waals surface area (Å²) in [6.07, 6.45) is -6.08. The highest BCUT2D eigenvalue weighted by Gasteiger charge is 2.38. The molecule has 0 aliphatic rings. The van der Waals surface area contributed by atoms with Crippen molar-refractivity contribution in [2.75, 3.05) is 5.32 Å². The molecular weight excluding hydrogens is 507 g/mol. The number of allylic oxidation sites excluding steroid dienone is 1. The van der Waals surface area contributed by atoms with E-state index in [9.17, 15) is 26.7 Å². The number of carbonyl (C=O) groups is 1. The Morgan fingerprint density at radius 3 is 2.31 bits per heavy atom. The van der Waals surface area contributed by atoms with Gasteiger partial charge in [-0.25, -0.2) is 8.78 Å². The number of amides is 1. The molecule has 0 saturated heterocycles. The lowest BCUT2D eigenvalue weighted by Gasteiger charge is -2.15. The van der Waals surface area contributed by atoms with E-state index in [1.54, 1.807) is 18.2 Å². The summed E-state index contributed by atoms with van der Waals surface area (Å²) in [5.74, 6) is -2.80. The fraction of sp³-hybridized carbons (Fsp3) is 0.120. The third-order valence-corrected chi connectivity index (χ3v) is 5.24. The highest BCUT2D eigenvalue weighted by atomic mass is 35.5. The number of anilines is 1. The van der Waals surface area contributed by atoms with Gasteiger partial charge >= 0.3 is 12.2 Å². The Bertz CT molecular complexity index is 1430. The van der Waals surface area contributed by atoms with Gasteiger partial charge in [0.1, 0.15) is 22.9 Å². The molecule has 186 valence electrons. The molecule has 36 heavy (non-hydrogen) atoms. The number of benzene rings is 3. The summed E-state index contributed by atoms with van der Waals surface area (Å²) in [4.78, 5) is 16.5. The van der Waals surface area contributed by atoms with Crippen molar-refractivity contribution < 1.29 is 35.9 Å². The number of hydrogen-bond acceptors (Lipinski definition) is 4. The SMILES string of the molecule is C[C@@H](Oc1ccc(C(F)=C(c2ccc(F)cc2)C(F)(F)F)cc1)C(=O)Nc1nc2cc(Cl)ccc2o1. The van der Waals surface area contributed by atoms with Crippen molar-refractivity contribution in [2.24, 2.45) is 0 Å². The van der Waals surface area contributed by atoms with Gasteiger partial charge in [-0.1, -0.05) is 23.7 Å². The molecule has 0 aliphatic heterocycles. The minimum absolute atomic E-state index is 0.0734. The zero-order valence-corrected chi connectivity index (χ0v) is 19.1. The van der Waals surface area contributed by atoms with E-state index in [0.717, 1.165) is 36.4 Å². The van der Waals surface area contributed by atoms with E-state index in [1.807, 2.05) is 0 Å². The topological polar surface area (TPSA) is 64.4 Å². The summed E-state index contributed by atoms with van der Waals surface area (Å²) in [5.41, 5.74) is -1.58. The predicted octanol–water partition coefficient (Wildman–Crippen LogP) is 7.43. The molecule has 0 radical (unpaired) electrons. The highest BCUT2D eigenvalue weighted by Crippen LogP contribution is 2.40. The van der Waals surface area contributed by atoms with E-state index in [1.165, 1.54) is 19.1 Å². The van der Waals surface area contributed by atoms with Crippen molar-refractivity contribution >= 4 is 46.0 Å². The Morgan fingerprint density at radius 1 is 1.03 bits per heavy atom. The smallest absolute Gasteiger partial charge is 0.419 e. The maximum Gasteiger partial charge on any atom is 0.419 e. The van der Waals surface area contributed by atoms with Crippen LogP contribution in [-0.4, -0.2) is 23.2 Å². The maximum atomic E-state index is 14.9. The Labute approximate surface area is 206 Å². The zero-order chi connectivity index (χ0) is 26.0. The average molecular weight is 523 g/mol. The van der Waals surface area contributed by atoms with Gasteiger partial charge in [-0.05, 0) is 67.1 Å². The molecule has 1 atom stereocenters. The lowest BCUT2D eigenvalue weighted by molar-refractivity contribution is -0.122. The van der Waals surface area contributed by atoms with Gasteiger partial charge in [0.2, 0.25) is 0 Å². The van der Waals surface area contributed by atoms with Crippen LogP contribution in [0.25, 0.3) is 22.5 Å². The number of fused-ring (bicyclic) bond motifs is 1. The van der Waals surface area contributed by atoms with Crippen LogP contribution in [-0.2, 0) is 4.79 Å². The summed E-state index contributed by atoms with van der Waals surface area (Å²) in [7, 11) is 0. The quantitative estimate of drug-likeness (QED) is 0.211. The maximum absolute atomic E-state index is 14.9. The van der Waals surface area contributed by atoms with Crippen molar-refractivity contribution in [1.82, 2.24) is 4.98 Å². The lowest BCUT2D eigenvalue weighted by atomic mass is 10.0. The molecule has 1 amide bonds. The molecule has 1 aromatic heterocycles. The number of hydrogen-bond donors (Lipinski definition) is 1. The Balaban J connectivity index is 1.48. The Morgan fingerprint density at radius 2 is 1.67 bits per heavy atom. The highest BCUT2D eigenvalue weighted by molar-refractivity contribution is 6.31. The molecule has 4 rings (SSSR count). The van der Waals surface area contributed by atoms with Crippen molar-refractivity contribution in [3.63, 3.8) is 0 Å². The van der Waals surface area contributed by atoms with Crippen LogP contribution in [0.4, 0.5) is 28.0 Å². The summed E-state index contributed by atoms with van der Waals surface area (Å²) in [5, 5.41) is 2.89. The van der Waals surface area contributed by atoms with Gasteiger partial charge in [-0.3, -0.25) is 10.1 Å². The normalized spacial score (nSPS) is 13.3. The minimum atomic E-state index is -5.03. The second-order valence-corrected chi connectivity index (χ2v) is 8.03. The van der Waals surface area contributed by atoms with Crippen molar-refractivity contribution in [3.05, 3.63) is 88.7 Å². The number of alkyl halides is 3. The third-order valence-electron chi connectivity index (χ3n) is 5.01. The lowest BCUT2D eigenvalue weighted by Crippen LogP contribution is -2.30. The fourth-order valence-electron chi connectivity index (χ4n) is 3.27. The summed E-state index contributed by atoms with van der Waals surface area (Å²) < 4.78 is 79.6. The van der Waals surface area contributed by atoms with Crippen LogP contribution in [0.1, 0.15) is 18.1 Å². The third kappa shape index (κ3) is 5.65. The molecule has 4 aromatic rings. The molecular formula is C25H16ClF5N2O3. The molecule has 0 unspecified atom stereocenters. The first-order valence-corrected chi connectivity index (χ1v) is 10.8. The Kier molecular flexibility index (Phi) is 6.98. The van der Waals surface area contributed by atoms with Crippen LogP contribution in [0.15, 0.2) is 71.1 Å². The van der Waals surface area contributed by atoms with Gasteiger partial charge in [-0.2, -0.15) is 18.2 Å². The van der Waals surface area contributed by atoms with Crippen LogP contribution in [0.5, 0.6) is 5.75 Å². The van der Waals surface area contributed by atoms with E-state index in [0.29, 0.717) is 16.1 Å². The van der Waals surface area contributed by atoms with Crippen molar-refractivity contribution in [1.29, 1.82) is 0 Å². The van der Waals surface area contributed by atoms with Crippen LogP contribution < -0.4 is 10.1 Å². The summed E-state index contributed by atoms with van der Waals surface area (Å²) in [6, 6.07) is 12.6. The van der Waals surface area contributed by atoms with Crippen LogP contribution >= 0.6 is 11.6 Å². The molecule has 0 aliphatic carbocycles. The number of nitrogens with zero attached hydrogens (tertiary/aromatic N) is 1. The molecule has 0 bridgehead atoms. The van der Waals surface area contributed by atoms with Gasteiger partial charge in [0.25, 0.3) is 5.91 Å². The zero-order valence-electron chi connectivity index (χ0n) is 18.4. The van der Waals surface area contributed by atoms with Crippen LogP contribution in [0.2, 0.25) is 5.02 Å². The number of carbonyl (C=O) groups excluding carboxylic acids is 1. The first-order valence-electron chi connectivity index (χ1n) is 10.4. The van der Waals surface area contributed by atoms with E-state index in [-0.39, 0.29) is 17.3 Å². The van der Waals surface area contributed by atoms with Crippen molar-refractivity contribution in [2.45, 2.75) is 19.2 Å². The molecule has 0 saturated carbocycles. The number of halogens is 6. The van der Waals surface area contributed by atoms with Crippen LogP contribution in [0.3, 0.4) is 0 Å². The largest absolute Gasteiger partial charge is 0.481 e. The van der Waals surface area contributed by atoms with Gasteiger partial charge in [-0.15, -0.1) is 0 Å². The van der Waals surface area contributed by atoms with Crippen molar-refractivity contribution in [3.8, 4) is 5.75 Å². The number of aromatic nitrogens is 1. The number of rotatable bonds is 6. The summed E-state index contributed by atoms with van der Waals surface area (Å²) in [6.45, 7) is 1.43. The molecule has 5 nitrogen and oxygen atoms in total. The van der Waals surface area contributed by atoms with Gasteiger partial charge in [0.15, 0.2) is 11.7 Å². The van der Waals surface area contributed by atoms with Crippen LogP contribution in [0, 0.1) is 5.82 Å².